The molecule has 1 aliphatic rings. The van der Waals surface area contributed by atoms with Crippen LogP contribution in [0, 0.1) is 5.82 Å². The molecule has 1 heterocycles. The number of amides is 2. The average Bonchev–Trinajstić information content (AvgIpc) is 2.81. The zero-order valence-corrected chi connectivity index (χ0v) is 12.4. The summed E-state index contributed by atoms with van der Waals surface area (Å²) in [6, 6.07) is 10.6. The number of halogens is 1. The number of imide groups is 1. The summed E-state index contributed by atoms with van der Waals surface area (Å²) in [4.78, 5) is 25.9. The van der Waals surface area contributed by atoms with Gasteiger partial charge in [0.15, 0.2) is 11.6 Å². The normalized spacial score (nSPS) is 13.4. The molecule has 0 bridgehead atoms. The minimum Gasteiger partial charge on any atom is -0.486 e. The largest absolute Gasteiger partial charge is 0.486 e. The standard InChI is InChI=1S/C17H14FNO4/c1-22-9-10-23-15-13(18)7-4-8-14(15)19-16(20)11-5-2-3-6-12(11)17(19)21/h2-8H,9-10H2,1H3. The molecule has 0 radical (unpaired) electrons. The van der Waals surface area contributed by atoms with Crippen molar-refractivity contribution >= 4 is 17.5 Å². The fourth-order valence-electron chi connectivity index (χ4n) is 2.45. The summed E-state index contributed by atoms with van der Waals surface area (Å²) >= 11 is 0. The highest BCUT2D eigenvalue weighted by molar-refractivity contribution is 6.34. The van der Waals surface area contributed by atoms with Crippen LogP contribution in [0.3, 0.4) is 0 Å². The second-order valence-electron chi connectivity index (χ2n) is 4.92. The molecule has 3 rings (SSSR count). The lowest BCUT2D eigenvalue weighted by atomic mass is 10.1. The van der Waals surface area contributed by atoms with Gasteiger partial charge in [0.1, 0.15) is 6.61 Å². The number of hydrogen-bond acceptors (Lipinski definition) is 4. The maximum Gasteiger partial charge on any atom is 0.266 e. The summed E-state index contributed by atoms with van der Waals surface area (Å²) < 4.78 is 24.3. The summed E-state index contributed by atoms with van der Waals surface area (Å²) in [6.07, 6.45) is 0. The third-order valence-corrected chi connectivity index (χ3v) is 3.52. The number of para-hydroxylation sites is 1. The molecule has 0 aromatic heterocycles. The highest BCUT2D eigenvalue weighted by Crippen LogP contribution is 2.36. The Hall–Kier alpha value is -2.73. The van der Waals surface area contributed by atoms with E-state index >= 15 is 0 Å². The van der Waals surface area contributed by atoms with Crippen molar-refractivity contribution in [2.45, 2.75) is 0 Å². The monoisotopic (exact) mass is 315 g/mol. The molecule has 6 heteroatoms. The second kappa shape index (κ2) is 6.18. The first kappa shape index (κ1) is 15.2. The van der Waals surface area contributed by atoms with Gasteiger partial charge in [0.25, 0.3) is 11.8 Å². The van der Waals surface area contributed by atoms with Crippen LogP contribution < -0.4 is 9.64 Å². The molecular weight excluding hydrogens is 301 g/mol. The van der Waals surface area contributed by atoms with Crippen molar-refractivity contribution in [3.63, 3.8) is 0 Å². The molecule has 0 unspecified atom stereocenters. The van der Waals surface area contributed by atoms with Gasteiger partial charge in [-0.15, -0.1) is 0 Å². The molecule has 23 heavy (non-hydrogen) atoms. The first-order valence-electron chi connectivity index (χ1n) is 7.03. The number of benzene rings is 2. The highest BCUT2D eigenvalue weighted by atomic mass is 19.1. The van der Waals surface area contributed by atoms with Crippen LogP contribution in [-0.4, -0.2) is 32.1 Å². The van der Waals surface area contributed by atoms with Gasteiger partial charge >= 0.3 is 0 Å². The van der Waals surface area contributed by atoms with Crippen molar-refractivity contribution in [2.75, 3.05) is 25.2 Å². The van der Waals surface area contributed by atoms with Crippen LogP contribution in [0.15, 0.2) is 42.5 Å². The molecule has 0 aliphatic carbocycles. The predicted molar refractivity (Wildman–Crippen MR) is 81.4 cm³/mol. The van der Waals surface area contributed by atoms with E-state index in [1.54, 1.807) is 24.3 Å². The van der Waals surface area contributed by atoms with Crippen LogP contribution in [0.1, 0.15) is 20.7 Å². The van der Waals surface area contributed by atoms with E-state index in [1.807, 2.05) is 0 Å². The van der Waals surface area contributed by atoms with E-state index in [1.165, 1.54) is 25.3 Å². The fraction of sp³-hybridized carbons (Fsp3) is 0.176. The number of carbonyl (C=O) groups is 2. The van der Waals surface area contributed by atoms with Gasteiger partial charge < -0.3 is 9.47 Å². The first-order chi connectivity index (χ1) is 11.1. The van der Waals surface area contributed by atoms with Crippen LogP contribution in [-0.2, 0) is 4.74 Å². The van der Waals surface area contributed by atoms with Gasteiger partial charge in [-0.2, -0.15) is 0 Å². The second-order valence-corrected chi connectivity index (χ2v) is 4.92. The van der Waals surface area contributed by atoms with Crippen molar-refractivity contribution in [3.05, 3.63) is 59.4 Å². The Kier molecular flexibility index (Phi) is 4.08. The SMILES string of the molecule is COCCOc1c(F)cccc1N1C(=O)c2ccccc2C1=O. The quantitative estimate of drug-likeness (QED) is 0.629. The third-order valence-electron chi connectivity index (χ3n) is 3.52. The number of nitrogens with zero attached hydrogens (tertiary/aromatic N) is 1. The van der Waals surface area contributed by atoms with Crippen LogP contribution in [0.25, 0.3) is 0 Å². The lowest BCUT2D eigenvalue weighted by molar-refractivity contribution is 0.0924. The molecule has 0 saturated carbocycles. The van der Waals surface area contributed by atoms with Crippen molar-refractivity contribution in [1.29, 1.82) is 0 Å². The minimum absolute atomic E-state index is 0.0901. The summed E-state index contributed by atoms with van der Waals surface area (Å²) in [5.74, 6) is -1.77. The van der Waals surface area contributed by atoms with Gasteiger partial charge in [-0.1, -0.05) is 18.2 Å². The van der Waals surface area contributed by atoms with Gasteiger partial charge in [0, 0.05) is 7.11 Å². The van der Waals surface area contributed by atoms with Gasteiger partial charge in [-0.25, -0.2) is 9.29 Å². The summed E-state index contributed by atoms with van der Waals surface area (Å²) in [6.45, 7) is 0.365. The number of ether oxygens (including phenoxy) is 2. The van der Waals surface area contributed by atoms with E-state index in [9.17, 15) is 14.0 Å². The molecule has 2 aromatic carbocycles. The van der Waals surface area contributed by atoms with Crippen LogP contribution in [0.4, 0.5) is 10.1 Å². The zero-order chi connectivity index (χ0) is 16.4. The summed E-state index contributed by atoms with van der Waals surface area (Å²) in [5.41, 5.74) is 0.682. The maximum absolute atomic E-state index is 14.1. The summed E-state index contributed by atoms with van der Waals surface area (Å²) in [5, 5.41) is 0. The summed E-state index contributed by atoms with van der Waals surface area (Å²) in [7, 11) is 1.50. The molecular formula is C17H14FNO4. The van der Waals surface area contributed by atoms with E-state index in [2.05, 4.69) is 0 Å². The Morgan fingerprint density at radius 2 is 1.61 bits per heavy atom. The molecule has 2 aromatic rings. The Labute approximate surface area is 132 Å². The molecule has 1 aliphatic heterocycles. The highest BCUT2D eigenvalue weighted by Gasteiger charge is 2.38. The number of hydrogen-bond donors (Lipinski definition) is 0. The number of methoxy groups -OCH3 is 1. The zero-order valence-electron chi connectivity index (χ0n) is 12.4. The number of carbonyl (C=O) groups excluding carboxylic acids is 2. The minimum atomic E-state index is -0.643. The molecule has 0 atom stereocenters. The van der Waals surface area contributed by atoms with Crippen molar-refractivity contribution in [1.82, 2.24) is 0 Å². The van der Waals surface area contributed by atoms with E-state index in [-0.39, 0.29) is 24.7 Å². The Morgan fingerprint density at radius 3 is 2.22 bits per heavy atom. The first-order valence-corrected chi connectivity index (χ1v) is 7.03. The number of rotatable bonds is 5. The maximum atomic E-state index is 14.1. The predicted octanol–water partition coefficient (Wildman–Crippen LogP) is 2.65. The molecule has 118 valence electrons. The smallest absolute Gasteiger partial charge is 0.266 e. The Morgan fingerprint density at radius 1 is 0.957 bits per heavy atom. The van der Waals surface area contributed by atoms with Crippen molar-refractivity contribution in [2.24, 2.45) is 0 Å². The topological polar surface area (TPSA) is 55.8 Å². The fourth-order valence-corrected chi connectivity index (χ4v) is 2.45. The lowest BCUT2D eigenvalue weighted by Gasteiger charge is -2.18. The number of fused-ring (bicyclic) bond motifs is 1. The van der Waals surface area contributed by atoms with E-state index in [0.717, 1.165) is 4.90 Å². The van der Waals surface area contributed by atoms with Crippen LogP contribution >= 0.6 is 0 Å². The molecule has 0 saturated heterocycles. The van der Waals surface area contributed by atoms with Gasteiger partial charge in [0.2, 0.25) is 0 Å². The number of anilines is 1. The van der Waals surface area contributed by atoms with Gasteiger partial charge in [0.05, 0.1) is 23.4 Å². The van der Waals surface area contributed by atoms with Crippen molar-refractivity contribution in [3.8, 4) is 5.75 Å². The van der Waals surface area contributed by atoms with Crippen LogP contribution in [0.5, 0.6) is 5.75 Å². The molecule has 2 amide bonds. The van der Waals surface area contributed by atoms with Crippen LogP contribution in [0.2, 0.25) is 0 Å². The molecule has 0 spiro atoms. The van der Waals surface area contributed by atoms with Crippen molar-refractivity contribution < 1.29 is 23.5 Å². The molecule has 0 fully saturated rings. The third kappa shape index (κ3) is 2.57. The molecule has 5 nitrogen and oxygen atoms in total. The molecule has 0 N–H and O–H groups in total. The van der Waals surface area contributed by atoms with E-state index < -0.39 is 17.6 Å². The Bertz CT molecular complexity index is 740. The average molecular weight is 315 g/mol. The van der Waals surface area contributed by atoms with Gasteiger partial charge in [-0.3, -0.25) is 9.59 Å². The lowest BCUT2D eigenvalue weighted by Crippen LogP contribution is -2.30. The van der Waals surface area contributed by atoms with Gasteiger partial charge in [-0.05, 0) is 24.3 Å². The Balaban J connectivity index is 2.01. The van der Waals surface area contributed by atoms with E-state index in [4.69, 9.17) is 9.47 Å². The van der Waals surface area contributed by atoms with E-state index in [0.29, 0.717) is 11.1 Å².